The molecule has 0 N–H and O–H groups in total. The zero-order valence-corrected chi connectivity index (χ0v) is 7.79. The molecule has 1 rings (SSSR count). The van der Waals surface area contributed by atoms with Crippen LogP contribution in [0.5, 0.6) is 5.75 Å². The molecule has 0 amide bonds. The highest BCUT2D eigenvalue weighted by atomic mass is 16.5. The predicted molar refractivity (Wildman–Crippen MR) is 49.2 cm³/mol. The van der Waals surface area contributed by atoms with Gasteiger partial charge in [0, 0.05) is 6.54 Å². The highest BCUT2D eigenvalue weighted by Crippen LogP contribution is 2.12. The second kappa shape index (κ2) is 4.12. The van der Waals surface area contributed by atoms with E-state index in [2.05, 4.69) is 11.0 Å². The summed E-state index contributed by atoms with van der Waals surface area (Å²) < 4.78 is 5.10. The molecule has 0 unspecified atom stereocenters. The number of nitrogens with zero attached hydrogens (tertiary/aromatic N) is 1. The van der Waals surface area contributed by atoms with Gasteiger partial charge in [-0.1, -0.05) is 6.07 Å². The van der Waals surface area contributed by atoms with Crippen LogP contribution >= 0.6 is 0 Å². The minimum absolute atomic E-state index is 0.894. The van der Waals surface area contributed by atoms with Crippen molar-refractivity contribution in [1.82, 2.24) is 4.90 Å². The predicted octanol–water partition coefficient (Wildman–Crippen LogP) is 1.56. The molecule has 0 fully saturated rings. The standard InChI is InChI=1S/C10H14NO/c1-11(2)8-9-5-4-6-10(7-9)12-3/h4,6-7H,8H2,1-3H3. The monoisotopic (exact) mass is 164 g/mol. The van der Waals surface area contributed by atoms with E-state index in [0.29, 0.717) is 0 Å². The van der Waals surface area contributed by atoms with Gasteiger partial charge in [-0.25, -0.2) is 0 Å². The Bertz CT molecular complexity index is 245. The first-order valence-electron chi connectivity index (χ1n) is 3.91. The van der Waals surface area contributed by atoms with Crippen LogP contribution in [0.4, 0.5) is 0 Å². The smallest absolute Gasteiger partial charge is 0.119 e. The summed E-state index contributed by atoms with van der Waals surface area (Å²) in [5, 5.41) is 0. The number of benzene rings is 1. The Balaban J connectivity index is 2.72. The summed E-state index contributed by atoms with van der Waals surface area (Å²) in [4.78, 5) is 2.10. The molecule has 0 heterocycles. The van der Waals surface area contributed by atoms with Crippen LogP contribution in [0.1, 0.15) is 5.56 Å². The van der Waals surface area contributed by atoms with E-state index in [-0.39, 0.29) is 0 Å². The Labute approximate surface area is 73.8 Å². The maximum Gasteiger partial charge on any atom is 0.119 e. The van der Waals surface area contributed by atoms with Gasteiger partial charge < -0.3 is 9.64 Å². The van der Waals surface area contributed by atoms with Gasteiger partial charge in [0.15, 0.2) is 0 Å². The van der Waals surface area contributed by atoms with Crippen LogP contribution < -0.4 is 4.74 Å². The molecule has 1 aromatic carbocycles. The van der Waals surface area contributed by atoms with Crippen molar-refractivity contribution in [1.29, 1.82) is 0 Å². The van der Waals surface area contributed by atoms with Crippen LogP contribution in [0, 0.1) is 6.07 Å². The molecule has 1 radical (unpaired) electrons. The van der Waals surface area contributed by atoms with Crippen molar-refractivity contribution in [3.63, 3.8) is 0 Å². The lowest BCUT2D eigenvalue weighted by molar-refractivity contribution is 0.395. The van der Waals surface area contributed by atoms with Gasteiger partial charge in [-0.3, -0.25) is 0 Å². The van der Waals surface area contributed by atoms with Crippen molar-refractivity contribution in [2.24, 2.45) is 0 Å². The molecule has 1 aromatic rings. The molecule has 2 nitrogen and oxygen atoms in total. The van der Waals surface area contributed by atoms with Gasteiger partial charge in [0.2, 0.25) is 0 Å². The minimum Gasteiger partial charge on any atom is -0.497 e. The summed E-state index contributed by atoms with van der Waals surface area (Å²) in [6.07, 6.45) is 0. The molecule has 0 aromatic heterocycles. The van der Waals surface area contributed by atoms with Crippen LogP contribution in [0.3, 0.4) is 0 Å². The van der Waals surface area contributed by atoms with E-state index >= 15 is 0 Å². The highest BCUT2D eigenvalue weighted by molar-refractivity contribution is 5.27. The van der Waals surface area contributed by atoms with Gasteiger partial charge in [0.05, 0.1) is 7.11 Å². The molecule has 0 saturated heterocycles. The van der Waals surface area contributed by atoms with E-state index in [0.717, 1.165) is 17.9 Å². The topological polar surface area (TPSA) is 12.5 Å². The summed E-state index contributed by atoms with van der Waals surface area (Å²) in [5.41, 5.74) is 1.15. The maximum absolute atomic E-state index is 5.10. The van der Waals surface area contributed by atoms with Gasteiger partial charge in [-0.2, -0.15) is 0 Å². The first kappa shape index (κ1) is 9.07. The van der Waals surface area contributed by atoms with Gasteiger partial charge in [0.25, 0.3) is 0 Å². The van der Waals surface area contributed by atoms with Crippen molar-refractivity contribution in [2.45, 2.75) is 6.54 Å². The fraction of sp³-hybridized carbons (Fsp3) is 0.400. The lowest BCUT2D eigenvalue weighted by Crippen LogP contribution is -2.10. The van der Waals surface area contributed by atoms with Crippen molar-refractivity contribution in [2.75, 3.05) is 21.2 Å². The van der Waals surface area contributed by atoms with Crippen LogP contribution in [0.15, 0.2) is 18.2 Å². The quantitative estimate of drug-likeness (QED) is 0.672. The first-order valence-corrected chi connectivity index (χ1v) is 3.91. The number of ether oxygens (including phenoxy) is 1. The van der Waals surface area contributed by atoms with E-state index in [9.17, 15) is 0 Å². The number of hydrogen-bond donors (Lipinski definition) is 0. The van der Waals surface area contributed by atoms with E-state index in [1.165, 1.54) is 0 Å². The second-order valence-corrected chi connectivity index (χ2v) is 2.99. The summed E-state index contributed by atoms with van der Waals surface area (Å²) in [7, 11) is 5.75. The SMILES string of the molecule is COc1cc[c]c(CN(C)C)c1. The van der Waals surface area contributed by atoms with Crippen molar-refractivity contribution >= 4 is 0 Å². The third-order valence-electron chi connectivity index (χ3n) is 1.56. The first-order chi connectivity index (χ1) is 5.72. The third-order valence-corrected chi connectivity index (χ3v) is 1.56. The zero-order chi connectivity index (χ0) is 8.97. The van der Waals surface area contributed by atoms with Crippen LogP contribution in [0.2, 0.25) is 0 Å². The van der Waals surface area contributed by atoms with Gasteiger partial charge in [-0.15, -0.1) is 0 Å². The Morgan fingerprint density at radius 1 is 1.50 bits per heavy atom. The molecule has 12 heavy (non-hydrogen) atoms. The summed E-state index contributed by atoms with van der Waals surface area (Å²) >= 11 is 0. The molecule has 0 aliphatic carbocycles. The summed E-state index contributed by atoms with van der Waals surface area (Å²) in [6.45, 7) is 0.900. The largest absolute Gasteiger partial charge is 0.497 e. The van der Waals surface area contributed by atoms with Crippen molar-refractivity contribution in [3.05, 3.63) is 29.8 Å². The average Bonchev–Trinajstić information content (AvgIpc) is 2.03. The fourth-order valence-corrected chi connectivity index (χ4v) is 1.05. The zero-order valence-electron chi connectivity index (χ0n) is 7.79. The van der Waals surface area contributed by atoms with Gasteiger partial charge in [0.1, 0.15) is 5.75 Å². The number of rotatable bonds is 3. The van der Waals surface area contributed by atoms with Gasteiger partial charge >= 0.3 is 0 Å². The second-order valence-electron chi connectivity index (χ2n) is 2.99. The lowest BCUT2D eigenvalue weighted by atomic mass is 10.2. The molecule has 0 aliphatic rings. The highest BCUT2D eigenvalue weighted by Gasteiger charge is 1.96. The van der Waals surface area contributed by atoms with Crippen LogP contribution in [-0.2, 0) is 6.54 Å². The molecule has 65 valence electrons. The van der Waals surface area contributed by atoms with Crippen molar-refractivity contribution in [3.8, 4) is 5.75 Å². The lowest BCUT2D eigenvalue weighted by Gasteiger charge is -2.09. The Morgan fingerprint density at radius 3 is 2.83 bits per heavy atom. The maximum atomic E-state index is 5.10. The molecule has 0 saturated carbocycles. The van der Waals surface area contributed by atoms with E-state index in [4.69, 9.17) is 4.74 Å². The van der Waals surface area contributed by atoms with E-state index in [1.54, 1.807) is 7.11 Å². The molecular weight excluding hydrogens is 150 g/mol. The number of hydrogen-bond acceptors (Lipinski definition) is 2. The number of methoxy groups -OCH3 is 1. The molecular formula is C10H14NO. The van der Waals surface area contributed by atoms with Gasteiger partial charge in [-0.05, 0) is 37.9 Å². The van der Waals surface area contributed by atoms with Crippen LogP contribution in [0.25, 0.3) is 0 Å². The average molecular weight is 164 g/mol. The fourth-order valence-electron chi connectivity index (χ4n) is 1.05. The van der Waals surface area contributed by atoms with E-state index in [1.807, 2.05) is 32.3 Å². The molecule has 0 aliphatic heterocycles. The molecule has 0 atom stereocenters. The molecule has 0 spiro atoms. The van der Waals surface area contributed by atoms with Crippen molar-refractivity contribution < 1.29 is 4.74 Å². The molecule has 2 heteroatoms. The normalized spacial score (nSPS) is 10.3. The molecule has 0 bridgehead atoms. The Kier molecular flexibility index (Phi) is 3.11. The minimum atomic E-state index is 0.894. The summed E-state index contributed by atoms with van der Waals surface area (Å²) in [5.74, 6) is 0.894. The Morgan fingerprint density at radius 2 is 2.25 bits per heavy atom. The third kappa shape index (κ3) is 2.55. The van der Waals surface area contributed by atoms with E-state index < -0.39 is 0 Å². The summed E-state index contributed by atoms with van der Waals surface area (Å²) in [6, 6.07) is 8.94. The van der Waals surface area contributed by atoms with Crippen LogP contribution in [-0.4, -0.2) is 26.1 Å². The Hall–Kier alpha value is -1.02.